The molecular weight excluding hydrogens is 367 g/mol. The molecule has 7 nitrogen and oxygen atoms in total. The van der Waals surface area contributed by atoms with E-state index >= 15 is 0 Å². The number of Topliss-reactive ketones (excluding diaryl/α,β-unsaturated/α-hetero) is 1. The molecule has 25 heavy (non-hydrogen) atoms. The van der Waals surface area contributed by atoms with Crippen molar-refractivity contribution in [3.63, 3.8) is 0 Å². The van der Waals surface area contributed by atoms with Gasteiger partial charge in [0.1, 0.15) is 17.2 Å². The van der Waals surface area contributed by atoms with Gasteiger partial charge in [0, 0.05) is 17.4 Å². The molecule has 2 aromatic carbocycles. The third-order valence-corrected chi connectivity index (χ3v) is 5.55. The van der Waals surface area contributed by atoms with Crippen molar-refractivity contribution in [2.24, 2.45) is 0 Å². The fourth-order valence-corrected chi connectivity index (χ4v) is 4.34. The van der Waals surface area contributed by atoms with Gasteiger partial charge in [-0.15, -0.1) is 0 Å². The van der Waals surface area contributed by atoms with Gasteiger partial charge in [-0.3, -0.25) is 4.79 Å². The van der Waals surface area contributed by atoms with E-state index in [0.717, 1.165) is 12.1 Å². The summed E-state index contributed by atoms with van der Waals surface area (Å²) in [6.07, 6.45) is -0.0590. The van der Waals surface area contributed by atoms with Gasteiger partial charge in [-0.25, -0.2) is 4.57 Å². The number of hydrogen-bond donors (Lipinski definition) is 5. The number of hydrogen-bond acceptors (Lipinski definition) is 6. The third kappa shape index (κ3) is 5.24. The Morgan fingerprint density at radius 1 is 1.12 bits per heavy atom. The van der Waals surface area contributed by atoms with Crippen LogP contribution < -0.4 is 0 Å². The minimum Gasteiger partial charge on any atom is -0.508 e. The van der Waals surface area contributed by atoms with E-state index in [0.29, 0.717) is 5.56 Å². The summed E-state index contributed by atoms with van der Waals surface area (Å²) < 4.78 is 11.2. The van der Waals surface area contributed by atoms with Crippen molar-refractivity contribution < 1.29 is 34.5 Å². The van der Waals surface area contributed by atoms with Crippen LogP contribution >= 0.6 is 18.2 Å². The Morgan fingerprint density at radius 2 is 1.80 bits per heavy atom. The Labute approximate surface area is 147 Å². The predicted octanol–water partition coefficient (Wildman–Crippen LogP) is 3.36. The van der Waals surface area contributed by atoms with Gasteiger partial charge in [0.2, 0.25) is 0 Å². The maximum Gasteiger partial charge on any atom is 0.388 e. The van der Waals surface area contributed by atoms with E-state index in [1.807, 2.05) is 0 Å². The minimum absolute atomic E-state index is 0.0574. The first-order valence-corrected chi connectivity index (χ1v) is 10.2. The molecule has 0 bridgehead atoms. The van der Waals surface area contributed by atoms with Crippen molar-refractivity contribution in [1.82, 2.24) is 0 Å². The van der Waals surface area contributed by atoms with E-state index in [2.05, 4.69) is 0 Å². The molecule has 0 fully saturated rings. The summed E-state index contributed by atoms with van der Waals surface area (Å²) in [4.78, 5) is 30.6. The highest BCUT2D eigenvalue weighted by molar-refractivity contribution is 8.54. The fraction of sp³-hybridized carbons (Fsp3) is 0.188. The SMILES string of the molecule is CC(CC(=O)c1c(O)cc(O)cc1SP(=O)(O)O)c1cccc(O)c1. The molecule has 134 valence electrons. The molecule has 9 heteroatoms. The zero-order chi connectivity index (χ0) is 18.8. The lowest BCUT2D eigenvalue weighted by atomic mass is 9.92. The van der Waals surface area contributed by atoms with Gasteiger partial charge < -0.3 is 25.1 Å². The van der Waals surface area contributed by atoms with Crippen molar-refractivity contribution in [3.05, 3.63) is 47.5 Å². The molecule has 0 amide bonds. The Kier molecular flexibility index (Phi) is 5.80. The summed E-state index contributed by atoms with van der Waals surface area (Å²) in [5.41, 5.74) is 0.453. The summed E-state index contributed by atoms with van der Waals surface area (Å²) in [5, 5.41) is 29.0. The molecule has 5 N–H and O–H groups in total. The Balaban J connectivity index is 2.33. The number of ketones is 1. The topological polar surface area (TPSA) is 135 Å². The fourth-order valence-electron chi connectivity index (χ4n) is 2.40. The second kappa shape index (κ2) is 7.49. The molecule has 1 unspecified atom stereocenters. The summed E-state index contributed by atoms with van der Waals surface area (Å²) in [7, 11) is 0. The van der Waals surface area contributed by atoms with Crippen LogP contribution in [0.1, 0.15) is 35.2 Å². The highest BCUT2D eigenvalue weighted by Crippen LogP contribution is 2.56. The van der Waals surface area contributed by atoms with Crippen molar-refractivity contribution in [1.29, 1.82) is 0 Å². The molecule has 2 rings (SSSR count). The van der Waals surface area contributed by atoms with Crippen LogP contribution in [0.2, 0.25) is 0 Å². The van der Waals surface area contributed by atoms with E-state index in [1.54, 1.807) is 19.1 Å². The van der Waals surface area contributed by atoms with Crippen molar-refractivity contribution in [3.8, 4) is 17.2 Å². The van der Waals surface area contributed by atoms with Crippen LogP contribution in [0.5, 0.6) is 17.2 Å². The number of benzene rings is 2. The van der Waals surface area contributed by atoms with Crippen molar-refractivity contribution in [2.45, 2.75) is 24.2 Å². The molecule has 0 aliphatic carbocycles. The first-order valence-electron chi connectivity index (χ1n) is 7.20. The van der Waals surface area contributed by atoms with Gasteiger partial charge in [0.25, 0.3) is 0 Å². The quantitative estimate of drug-likeness (QED) is 0.378. The smallest absolute Gasteiger partial charge is 0.388 e. The zero-order valence-corrected chi connectivity index (χ0v) is 14.9. The summed E-state index contributed by atoms with van der Waals surface area (Å²) >= 11 is 0.0952. The number of aromatic hydroxyl groups is 3. The Bertz CT molecular complexity index is 846. The number of rotatable bonds is 6. The summed E-state index contributed by atoms with van der Waals surface area (Å²) in [6, 6.07) is 8.35. The van der Waals surface area contributed by atoms with E-state index in [1.165, 1.54) is 12.1 Å². The Hall–Kier alpha value is -1.99. The molecule has 0 saturated carbocycles. The largest absolute Gasteiger partial charge is 0.508 e. The van der Waals surface area contributed by atoms with Gasteiger partial charge in [-0.05, 0) is 41.1 Å². The molecule has 0 aliphatic rings. The lowest BCUT2D eigenvalue weighted by Crippen LogP contribution is -2.07. The summed E-state index contributed by atoms with van der Waals surface area (Å²) in [6.45, 7) is -2.83. The number of phenols is 3. The maximum atomic E-state index is 12.6. The van der Waals surface area contributed by atoms with Crippen molar-refractivity contribution >= 4 is 24.0 Å². The van der Waals surface area contributed by atoms with Crippen LogP contribution in [0.3, 0.4) is 0 Å². The monoisotopic (exact) mass is 384 g/mol. The Morgan fingerprint density at radius 3 is 2.40 bits per heavy atom. The van der Waals surface area contributed by atoms with Gasteiger partial charge in [-0.2, -0.15) is 0 Å². The van der Waals surface area contributed by atoms with Crippen LogP contribution in [-0.4, -0.2) is 30.9 Å². The normalized spacial score (nSPS) is 12.8. The van der Waals surface area contributed by atoms with Gasteiger partial charge >= 0.3 is 6.80 Å². The highest BCUT2D eigenvalue weighted by atomic mass is 32.7. The van der Waals surface area contributed by atoms with Crippen LogP contribution in [0, 0.1) is 0 Å². The summed E-state index contributed by atoms with van der Waals surface area (Å²) in [5.74, 6) is -1.75. The van der Waals surface area contributed by atoms with Crippen LogP contribution in [0.4, 0.5) is 0 Å². The van der Waals surface area contributed by atoms with E-state index in [9.17, 15) is 24.7 Å². The maximum absolute atomic E-state index is 12.6. The molecular formula is C16H17O7PS. The third-order valence-electron chi connectivity index (χ3n) is 3.49. The lowest BCUT2D eigenvalue weighted by molar-refractivity contribution is 0.0970. The van der Waals surface area contributed by atoms with Crippen LogP contribution in [-0.2, 0) is 4.57 Å². The average molecular weight is 384 g/mol. The number of phenolic OH excluding ortho intramolecular Hbond substituents is 3. The standard InChI is InChI=1S/C16H17O7PS/c1-9(10-3-2-4-11(17)6-10)5-13(19)16-14(20)7-12(18)8-15(16)25-24(21,22)23/h2-4,6-9,17-18,20H,5H2,1H3,(H2,21,22,23). The molecule has 0 saturated heterocycles. The van der Waals surface area contributed by atoms with E-state index in [-0.39, 0.29) is 39.9 Å². The van der Waals surface area contributed by atoms with E-state index < -0.39 is 24.1 Å². The molecule has 0 aromatic heterocycles. The number of carbonyl (C=O) groups is 1. The minimum atomic E-state index is -4.58. The first kappa shape index (κ1) is 19.3. The molecule has 1 atom stereocenters. The molecule has 0 aliphatic heterocycles. The van der Waals surface area contributed by atoms with Gasteiger partial charge in [0.05, 0.1) is 5.56 Å². The van der Waals surface area contributed by atoms with Gasteiger partial charge in [-0.1, -0.05) is 19.1 Å². The van der Waals surface area contributed by atoms with E-state index in [4.69, 9.17) is 9.79 Å². The van der Waals surface area contributed by atoms with Crippen LogP contribution in [0.15, 0.2) is 41.3 Å². The van der Waals surface area contributed by atoms with Crippen molar-refractivity contribution in [2.75, 3.05) is 0 Å². The average Bonchev–Trinajstić information content (AvgIpc) is 2.44. The first-order chi connectivity index (χ1) is 11.6. The van der Waals surface area contributed by atoms with Crippen LogP contribution in [0.25, 0.3) is 0 Å². The van der Waals surface area contributed by atoms with Gasteiger partial charge in [0.15, 0.2) is 5.78 Å². The molecule has 0 spiro atoms. The molecule has 0 radical (unpaired) electrons. The second-order valence-corrected chi connectivity index (χ2v) is 9.12. The predicted molar refractivity (Wildman–Crippen MR) is 93.1 cm³/mol. The highest BCUT2D eigenvalue weighted by Gasteiger charge is 2.26. The molecule has 0 heterocycles. The zero-order valence-electron chi connectivity index (χ0n) is 13.2. The number of carbonyl (C=O) groups excluding carboxylic acids is 1. The lowest BCUT2D eigenvalue weighted by Gasteiger charge is -2.15. The second-order valence-electron chi connectivity index (χ2n) is 5.54. The molecule has 2 aromatic rings.